The van der Waals surface area contributed by atoms with Crippen LogP contribution in [0.3, 0.4) is 0 Å². The number of carbonyl (C=O) groups excluding carboxylic acids is 1. The van der Waals surface area contributed by atoms with E-state index in [1.54, 1.807) is 0 Å². The van der Waals surface area contributed by atoms with Crippen LogP contribution in [0, 0.1) is 0 Å². The molecule has 8 heteroatoms. The van der Waals surface area contributed by atoms with Crippen molar-refractivity contribution in [3.63, 3.8) is 0 Å². The summed E-state index contributed by atoms with van der Waals surface area (Å²) in [5.41, 5.74) is 5.17. The molecule has 0 radical (unpaired) electrons. The van der Waals surface area contributed by atoms with Gasteiger partial charge in [0.1, 0.15) is 5.82 Å². The van der Waals surface area contributed by atoms with Gasteiger partial charge in [0.2, 0.25) is 5.91 Å². The van der Waals surface area contributed by atoms with E-state index in [1.165, 1.54) is 23.8 Å². The number of anilines is 2. The van der Waals surface area contributed by atoms with Gasteiger partial charge in [-0.05, 0) is 52.7 Å². The molecular formula is C21H26N6OS. The summed E-state index contributed by atoms with van der Waals surface area (Å²) in [6.45, 7) is 10.9. The van der Waals surface area contributed by atoms with Crippen LogP contribution in [-0.2, 0) is 23.2 Å². The molecule has 1 aliphatic carbocycles. The van der Waals surface area contributed by atoms with Crippen molar-refractivity contribution >= 4 is 28.2 Å². The van der Waals surface area contributed by atoms with Crippen molar-refractivity contribution in [3.05, 3.63) is 29.6 Å². The lowest BCUT2D eigenvalue weighted by atomic mass is 9.95. The third kappa shape index (κ3) is 3.64. The zero-order chi connectivity index (χ0) is 20.8. The SMILES string of the molecule is CCNc1ccc(-c2nn(C(C)(C)C)c3c2CCc2nc(NC(C)=O)sc2-3)cn1. The molecule has 0 bridgehead atoms. The molecule has 4 rings (SSSR count). The average molecular weight is 411 g/mol. The smallest absolute Gasteiger partial charge is 0.223 e. The zero-order valence-electron chi connectivity index (χ0n) is 17.5. The lowest BCUT2D eigenvalue weighted by Gasteiger charge is -2.24. The van der Waals surface area contributed by atoms with Crippen LogP contribution in [0.5, 0.6) is 0 Å². The van der Waals surface area contributed by atoms with Gasteiger partial charge in [-0.1, -0.05) is 11.3 Å². The number of carbonyl (C=O) groups is 1. The molecule has 1 amide bonds. The van der Waals surface area contributed by atoms with E-state index in [4.69, 9.17) is 5.10 Å². The summed E-state index contributed by atoms with van der Waals surface area (Å²) in [6.07, 6.45) is 3.59. The Hall–Kier alpha value is -2.74. The van der Waals surface area contributed by atoms with Gasteiger partial charge >= 0.3 is 0 Å². The average Bonchev–Trinajstić information content (AvgIpc) is 3.22. The molecule has 2 N–H and O–H groups in total. The molecule has 0 unspecified atom stereocenters. The first-order chi connectivity index (χ1) is 13.8. The lowest BCUT2D eigenvalue weighted by Crippen LogP contribution is -2.24. The fraction of sp³-hybridized carbons (Fsp3) is 0.429. The highest BCUT2D eigenvalue weighted by Crippen LogP contribution is 2.44. The number of hydrogen-bond donors (Lipinski definition) is 2. The quantitative estimate of drug-likeness (QED) is 0.669. The van der Waals surface area contributed by atoms with Gasteiger partial charge in [-0.15, -0.1) is 0 Å². The fourth-order valence-electron chi connectivity index (χ4n) is 3.61. The molecule has 3 aromatic heterocycles. The summed E-state index contributed by atoms with van der Waals surface area (Å²) in [5.74, 6) is 0.762. The summed E-state index contributed by atoms with van der Waals surface area (Å²) in [5, 5.41) is 11.7. The molecule has 3 aromatic rings. The van der Waals surface area contributed by atoms with E-state index in [0.717, 1.165) is 52.7 Å². The van der Waals surface area contributed by atoms with Crippen LogP contribution < -0.4 is 10.6 Å². The van der Waals surface area contributed by atoms with Crippen molar-refractivity contribution in [1.29, 1.82) is 0 Å². The minimum absolute atomic E-state index is 0.104. The Kier molecular flexibility index (Phi) is 4.90. The third-order valence-electron chi connectivity index (χ3n) is 4.82. The number of pyridine rings is 1. The van der Waals surface area contributed by atoms with E-state index in [1.807, 2.05) is 12.3 Å². The third-order valence-corrected chi connectivity index (χ3v) is 5.84. The van der Waals surface area contributed by atoms with E-state index in [2.05, 4.69) is 59.0 Å². The first-order valence-electron chi connectivity index (χ1n) is 9.88. The minimum atomic E-state index is -0.188. The Bertz CT molecular complexity index is 1060. The largest absolute Gasteiger partial charge is 0.370 e. The highest BCUT2D eigenvalue weighted by Gasteiger charge is 2.32. The van der Waals surface area contributed by atoms with Crippen molar-refractivity contribution in [1.82, 2.24) is 19.7 Å². The monoisotopic (exact) mass is 410 g/mol. The van der Waals surface area contributed by atoms with Crippen LogP contribution in [-0.4, -0.2) is 32.2 Å². The maximum atomic E-state index is 11.5. The molecule has 1 aliphatic rings. The fourth-order valence-corrected chi connectivity index (χ4v) is 4.73. The summed E-state index contributed by atoms with van der Waals surface area (Å²) < 4.78 is 2.10. The van der Waals surface area contributed by atoms with Crippen molar-refractivity contribution in [3.8, 4) is 21.8 Å². The molecule has 0 fully saturated rings. The van der Waals surface area contributed by atoms with Gasteiger partial charge in [-0.3, -0.25) is 9.48 Å². The van der Waals surface area contributed by atoms with Crippen LogP contribution in [0.25, 0.3) is 21.8 Å². The first-order valence-corrected chi connectivity index (χ1v) is 10.7. The van der Waals surface area contributed by atoms with Crippen molar-refractivity contribution in [2.75, 3.05) is 17.2 Å². The Balaban J connectivity index is 1.85. The summed E-state index contributed by atoms with van der Waals surface area (Å²) in [4.78, 5) is 21.8. The van der Waals surface area contributed by atoms with Gasteiger partial charge in [0.15, 0.2) is 5.13 Å². The first kappa shape index (κ1) is 19.6. The lowest BCUT2D eigenvalue weighted by molar-refractivity contribution is -0.114. The molecule has 0 atom stereocenters. The summed E-state index contributed by atoms with van der Waals surface area (Å²) in [6, 6.07) is 4.07. The highest BCUT2D eigenvalue weighted by atomic mass is 32.1. The van der Waals surface area contributed by atoms with Gasteiger partial charge in [0.25, 0.3) is 0 Å². The Morgan fingerprint density at radius 1 is 1.28 bits per heavy atom. The number of rotatable bonds is 4. The zero-order valence-corrected chi connectivity index (χ0v) is 18.3. The number of amides is 1. The van der Waals surface area contributed by atoms with Gasteiger partial charge in [-0.2, -0.15) is 5.10 Å². The van der Waals surface area contributed by atoms with Crippen molar-refractivity contribution in [2.24, 2.45) is 0 Å². The second-order valence-electron chi connectivity index (χ2n) is 8.20. The maximum absolute atomic E-state index is 11.5. The number of aromatic nitrogens is 4. The van der Waals surface area contributed by atoms with Gasteiger partial charge in [0, 0.05) is 30.8 Å². The number of nitrogens with one attached hydrogen (secondary N) is 2. The van der Waals surface area contributed by atoms with E-state index >= 15 is 0 Å². The molecule has 29 heavy (non-hydrogen) atoms. The topological polar surface area (TPSA) is 84.7 Å². The Morgan fingerprint density at radius 2 is 2.07 bits per heavy atom. The van der Waals surface area contributed by atoms with Crippen LogP contribution in [0.1, 0.15) is 45.9 Å². The number of hydrogen-bond acceptors (Lipinski definition) is 6. The summed E-state index contributed by atoms with van der Waals surface area (Å²) >= 11 is 1.52. The van der Waals surface area contributed by atoms with Gasteiger partial charge < -0.3 is 10.6 Å². The molecule has 7 nitrogen and oxygen atoms in total. The molecule has 0 spiro atoms. The number of thiazole rings is 1. The van der Waals surface area contributed by atoms with Crippen molar-refractivity contribution in [2.45, 2.75) is 53.0 Å². The van der Waals surface area contributed by atoms with E-state index in [0.29, 0.717) is 5.13 Å². The number of nitrogens with zero attached hydrogens (tertiary/aromatic N) is 4. The van der Waals surface area contributed by atoms with Gasteiger partial charge in [0.05, 0.1) is 27.5 Å². The summed E-state index contributed by atoms with van der Waals surface area (Å²) in [7, 11) is 0. The Morgan fingerprint density at radius 3 is 2.69 bits per heavy atom. The molecule has 0 aromatic carbocycles. The predicted molar refractivity (Wildman–Crippen MR) is 117 cm³/mol. The van der Waals surface area contributed by atoms with Gasteiger partial charge in [-0.25, -0.2) is 9.97 Å². The standard InChI is InChI=1S/C21H26N6OS/c1-6-22-16-10-7-13(11-23-16)17-14-8-9-15-19(29-20(25-15)24-12(2)28)18(14)27(26-17)21(3,4)5/h7,10-11H,6,8-9H2,1-5H3,(H,22,23)(H,24,25,28). The Labute approximate surface area is 174 Å². The molecule has 0 aliphatic heterocycles. The van der Waals surface area contributed by atoms with E-state index in [9.17, 15) is 4.79 Å². The maximum Gasteiger partial charge on any atom is 0.223 e. The predicted octanol–water partition coefficient (Wildman–Crippen LogP) is 4.31. The van der Waals surface area contributed by atoms with Crippen molar-refractivity contribution < 1.29 is 4.79 Å². The second kappa shape index (κ2) is 7.26. The number of aryl methyl sites for hydroxylation is 1. The molecular weight excluding hydrogens is 384 g/mol. The van der Waals surface area contributed by atoms with E-state index < -0.39 is 0 Å². The van der Waals surface area contributed by atoms with Crippen LogP contribution in [0.2, 0.25) is 0 Å². The molecule has 0 saturated carbocycles. The minimum Gasteiger partial charge on any atom is -0.370 e. The normalized spacial score (nSPS) is 13.0. The van der Waals surface area contributed by atoms with Crippen LogP contribution in [0.4, 0.5) is 10.9 Å². The van der Waals surface area contributed by atoms with E-state index in [-0.39, 0.29) is 11.4 Å². The van der Waals surface area contributed by atoms with Crippen LogP contribution >= 0.6 is 11.3 Å². The molecule has 3 heterocycles. The van der Waals surface area contributed by atoms with Crippen LogP contribution in [0.15, 0.2) is 18.3 Å². The molecule has 152 valence electrons. The highest BCUT2D eigenvalue weighted by molar-refractivity contribution is 7.19. The molecule has 0 saturated heterocycles. The second-order valence-corrected chi connectivity index (χ2v) is 9.20. The number of fused-ring (bicyclic) bond motifs is 3.